The third-order valence-electron chi connectivity index (χ3n) is 9.91. The number of hydrogen-bond acceptors (Lipinski definition) is 0. The van der Waals surface area contributed by atoms with Gasteiger partial charge < -0.3 is 0 Å². The number of rotatable bonds is 3. The van der Waals surface area contributed by atoms with Crippen molar-refractivity contribution in [1.29, 1.82) is 0 Å². The van der Waals surface area contributed by atoms with Crippen molar-refractivity contribution in [2.75, 3.05) is 0 Å². The second-order valence-electron chi connectivity index (χ2n) is 12.6. The highest BCUT2D eigenvalue weighted by molar-refractivity contribution is 6.23. The minimum absolute atomic E-state index is 1.23. The molecule has 216 valence electrons. The summed E-state index contributed by atoms with van der Waals surface area (Å²) in [5.41, 5.74) is 10.2. The van der Waals surface area contributed by atoms with Crippen molar-refractivity contribution in [1.82, 2.24) is 0 Å². The normalized spacial score (nSPS) is 11.7. The minimum Gasteiger partial charge on any atom is -0.0622 e. The zero-order valence-corrected chi connectivity index (χ0v) is 26.0. The van der Waals surface area contributed by atoms with Crippen LogP contribution in [0.3, 0.4) is 0 Å². The minimum atomic E-state index is 1.23. The number of fused-ring (bicyclic) bond motifs is 6. The van der Waals surface area contributed by atoms with Gasteiger partial charge in [0.05, 0.1) is 0 Å². The Morgan fingerprint density at radius 3 is 1.52 bits per heavy atom. The van der Waals surface area contributed by atoms with Crippen LogP contribution >= 0.6 is 0 Å². The molecule has 0 aromatic heterocycles. The van der Waals surface area contributed by atoms with Crippen molar-refractivity contribution in [3.63, 3.8) is 0 Å². The number of hydrogen-bond donors (Lipinski definition) is 0. The Morgan fingerprint density at radius 1 is 0.283 bits per heavy atom. The van der Waals surface area contributed by atoms with Gasteiger partial charge in [0, 0.05) is 0 Å². The van der Waals surface area contributed by atoms with Crippen LogP contribution in [-0.4, -0.2) is 0 Å². The summed E-state index contributed by atoms with van der Waals surface area (Å²) < 4.78 is 0. The SMILES string of the molecule is Cc1cc2c(-c3ccccc3)c3ccc(-c4cccc5c4ccc4cc6ccccc6cc45)cc3c(-c3ccccc3)c2cc1C. The first-order valence-electron chi connectivity index (χ1n) is 16.1. The van der Waals surface area contributed by atoms with Gasteiger partial charge in [-0.05, 0) is 130 Å². The van der Waals surface area contributed by atoms with Gasteiger partial charge in [-0.25, -0.2) is 0 Å². The zero-order valence-electron chi connectivity index (χ0n) is 26.0. The molecular weight excluding hydrogens is 553 g/mol. The molecule has 0 N–H and O–H groups in total. The number of benzene rings is 9. The smallest absolute Gasteiger partial charge is 0.00261 e. The molecule has 0 saturated heterocycles. The Hall–Kier alpha value is -5.72. The van der Waals surface area contributed by atoms with E-state index in [1.165, 1.54) is 98.4 Å². The van der Waals surface area contributed by atoms with Crippen LogP contribution in [0.4, 0.5) is 0 Å². The summed E-state index contributed by atoms with van der Waals surface area (Å²) in [6, 6.07) is 58.5. The highest BCUT2D eigenvalue weighted by atomic mass is 14.2. The van der Waals surface area contributed by atoms with Gasteiger partial charge in [-0.15, -0.1) is 0 Å². The lowest BCUT2D eigenvalue weighted by Gasteiger charge is -2.20. The van der Waals surface area contributed by atoms with Crippen molar-refractivity contribution in [3.05, 3.63) is 169 Å². The Balaban J connectivity index is 1.39. The van der Waals surface area contributed by atoms with Crippen LogP contribution in [-0.2, 0) is 0 Å². The largest absolute Gasteiger partial charge is 0.0622 e. The van der Waals surface area contributed by atoms with Gasteiger partial charge >= 0.3 is 0 Å². The summed E-state index contributed by atoms with van der Waals surface area (Å²) in [4.78, 5) is 0. The van der Waals surface area contributed by atoms with Crippen LogP contribution in [0.15, 0.2) is 158 Å². The third kappa shape index (κ3) is 4.15. The highest BCUT2D eigenvalue weighted by Gasteiger charge is 2.19. The fourth-order valence-electron chi connectivity index (χ4n) is 7.52. The van der Waals surface area contributed by atoms with Crippen LogP contribution in [0.2, 0.25) is 0 Å². The average molecular weight is 585 g/mol. The summed E-state index contributed by atoms with van der Waals surface area (Å²) >= 11 is 0. The van der Waals surface area contributed by atoms with E-state index in [0.717, 1.165) is 0 Å². The lowest BCUT2D eigenvalue weighted by molar-refractivity contribution is 1.37. The van der Waals surface area contributed by atoms with E-state index in [2.05, 4.69) is 172 Å². The van der Waals surface area contributed by atoms with Crippen LogP contribution in [0.5, 0.6) is 0 Å². The molecule has 0 bridgehead atoms. The molecule has 0 heteroatoms. The first kappa shape index (κ1) is 26.7. The molecule has 0 atom stereocenters. The molecule has 0 unspecified atom stereocenters. The van der Waals surface area contributed by atoms with Gasteiger partial charge in [0.2, 0.25) is 0 Å². The maximum absolute atomic E-state index is 2.44. The second kappa shape index (κ2) is 10.4. The fourth-order valence-corrected chi connectivity index (χ4v) is 7.52. The van der Waals surface area contributed by atoms with E-state index < -0.39 is 0 Å². The van der Waals surface area contributed by atoms with E-state index in [4.69, 9.17) is 0 Å². The van der Waals surface area contributed by atoms with E-state index in [1.54, 1.807) is 0 Å². The molecule has 0 radical (unpaired) electrons. The van der Waals surface area contributed by atoms with Crippen molar-refractivity contribution in [2.45, 2.75) is 13.8 Å². The van der Waals surface area contributed by atoms with Crippen molar-refractivity contribution < 1.29 is 0 Å². The molecule has 0 spiro atoms. The first-order valence-corrected chi connectivity index (χ1v) is 16.1. The molecule has 0 amide bonds. The first-order chi connectivity index (χ1) is 22.6. The molecule has 0 heterocycles. The topological polar surface area (TPSA) is 0 Å². The molecule has 9 aromatic rings. The third-order valence-corrected chi connectivity index (χ3v) is 9.91. The van der Waals surface area contributed by atoms with Crippen molar-refractivity contribution >= 4 is 53.9 Å². The molecular formula is C46H32. The quantitative estimate of drug-likeness (QED) is 0.143. The molecule has 0 aliphatic rings. The van der Waals surface area contributed by atoms with E-state index in [-0.39, 0.29) is 0 Å². The fraction of sp³-hybridized carbons (Fsp3) is 0.0435. The van der Waals surface area contributed by atoms with E-state index in [1.807, 2.05) is 0 Å². The molecule has 0 nitrogen and oxygen atoms in total. The van der Waals surface area contributed by atoms with Crippen LogP contribution in [0.25, 0.3) is 87.2 Å². The lowest BCUT2D eigenvalue weighted by atomic mass is 9.83. The zero-order chi connectivity index (χ0) is 30.8. The Kier molecular flexibility index (Phi) is 6.05. The average Bonchev–Trinajstić information content (AvgIpc) is 3.10. The van der Waals surface area contributed by atoms with E-state index in [0.29, 0.717) is 0 Å². The summed E-state index contributed by atoms with van der Waals surface area (Å²) in [6.45, 7) is 4.46. The standard InChI is InChI=1S/C46H32/c1-29-24-42-43(25-30(29)2)46(32-14-7-4-8-15-32)44-28-36(21-23-40(44)45(42)31-12-5-3-6-13-31)37-18-11-19-38-39(37)22-20-35-26-33-16-9-10-17-34(33)27-41(35)38/h3-28H,1-2H3. The van der Waals surface area contributed by atoms with E-state index >= 15 is 0 Å². The second-order valence-corrected chi connectivity index (χ2v) is 12.6. The van der Waals surface area contributed by atoms with Gasteiger partial charge in [0.1, 0.15) is 0 Å². The van der Waals surface area contributed by atoms with Crippen molar-refractivity contribution in [3.8, 4) is 33.4 Å². The highest BCUT2D eigenvalue weighted by Crippen LogP contribution is 2.46. The molecule has 0 aliphatic heterocycles. The maximum Gasteiger partial charge on any atom is -0.00261 e. The maximum atomic E-state index is 2.44. The monoisotopic (exact) mass is 584 g/mol. The van der Waals surface area contributed by atoms with Crippen LogP contribution in [0.1, 0.15) is 11.1 Å². The molecule has 9 rings (SSSR count). The van der Waals surface area contributed by atoms with Gasteiger partial charge in [0.25, 0.3) is 0 Å². The molecule has 0 fully saturated rings. The molecule has 0 aliphatic carbocycles. The summed E-state index contributed by atoms with van der Waals surface area (Å²) in [7, 11) is 0. The Bertz CT molecular complexity index is 2630. The predicted molar refractivity (Wildman–Crippen MR) is 200 cm³/mol. The van der Waals surface area contributed by atoms with Crippen LogP contribution in [0, 0.1) is 13.8 Å². The summed E-state index contributed by atoms with van der Waals surface area (Å²) in [6.07, 6.45) is 0. The molecule has 9 aromatic carbocycles. The lowest BCUT2D eigenvalue weighted by Crippen LogP contribution is -1.94. The van der Waals surface area contributed by atoms with Gasteiger partial charge in [-0.1, -0.05) is 140 Å². The summed E-state index contributed by atoms with van der Waals surface area (Å²) in [5, 5.41) is 12.9. The van der Waals surface area contributed by atoms with Crippen LogP contribution < -0.4 is 0 Å². The summed E-state index contributed by atoms with van der Waals surface area (Å²) in [5.74, 6) is 0. The van der Waals surface area contributed by atoms with Crippen molar-refractivity contribution in [2.24, 2.45) is 0 Å². The Labute approximate surface area is 269 Å². The molecule has 0 saturated carbocycles. The van der Waals surface area contributed by atoms with E-state index in [9.17, 15) is 0 Å². The predicted octanol–water partition coefficient (Wildman–Crippen LogP) is 13.1. The van der Waals surface area contributed by atoms with Gasteiger partial charge in [0.15, 0.2) is 0 Å². The number of aryl methyl sites for hydroxylation is 2. The van der Waals surface area contributed by atoms with Gasteiger partial charge in [-0.2, -0.15) is 0 Å². The van der Waals surface area contributed by atoms with Gasteiger partial charge in [-0.3, -0.25) is 0 Å². The molecule has 46 heavy (non-hydrogen) atoms. The Morgan fingerprint density at radius 2 is 0.848 bits per heavy atom.